The Morgan fingerprint density at radius 3 is 2.70 bits per heavy atom. The third kappa shape index (κ3) is 2.33. The van der Waals surface area contributed by atoms with E-state index in [4.69, 9.17) is 4.52 Å². The number of carbonyl (C=O) groups is 1. The summed E-state index contributed by atoms with van der Waals surface area (Å²) in [5.41, 5.74) is 2.76. The van der Waals surface area contributed by atoms with E-state index >= 15 is 0 Å². The zero-order valence-electron chi connectivity index (χ0n) is 11.8. The molecule has 0 aliphatic carbocycles. The van der Waals surface area contributed by atoms with Crippen LogP contribution in [0.4, 0.5) is 0 Å². The second-order valence-electron chi connectivity index (χ2n) is 5.39. The van der Waals surface area contributed by atoms with Crippen LogP contribution in [0.5, 0.6) is 0 Å². The largest absolute Gasteiger partial charge is 0.361 e. The van der Waals surface area contributed by atoms with Crippen molar-refractivity contribution < 1.29 is 9.32 Å². The maximum atomic E-state index is 12.6. The predicted octanol–water partition coefficient (Wildman–Crippen LogP) is 3.27. The van der Waals surface area contributed by atoms with E-state index in [0.717, 1.165) is 42.0 Å². The van der Waals surface area contributed by atoms with Crippen molar-refractivity contribution in [2.75, 3.05) is 6.54 Å². The molecule has 4 heteroatoms. The SMILES string of the molecule is Cc1ccc(C(=O)N2CCC[C@H]2c2cc(C)on2)cc1. The van der Waals surface area contributed by atoms with Crippen molar-refractivity contribution in [2.24, 2.45) is 0 Å². The molecule has 2 heterocycles. The van der Waals surface area contributed by atoms with Gasteiger partial charge in [-0.1, -0.05) is 22.9 Å². The number of hydrogen-bond acceptors (Lipinski definition) is 3. The summed E-state index contributed by atoms with van der Waals surface area (Å²) >= 11 is 0. The second kappa shape index (κ2) is 5.12. The molecule has 1 amide bonds. The average Bonchev–Trinajstić information content (AvgIpc) is 3.07. The molecule has 4 nitrogen and oxygen atoms in total. The molecule has 3 rings (SSSR count). The van der Waals surface area contributed by atoms with Crippen LogP contribution in [0.1, 0.15) is 46.3 Å². The molecule has 0 bridgehead atoms. The van der Waals surface area contributed by atoms with Gasteiger partial charge in [0.25, 0.3) is 5.91 Å². The van der Waals surface area contributed by atoms with Gasteiger partial charge in [-0.05, 0) is 38.8 Å². The zero-order valence-corrected chi connectivity index (χ0v) is 11.8. The summed E-state index contributed by atoms with van der Waals surface area (Å²) in [4.78, 5) is 14.5. The quantitative estimate of drug-likeness (QED) is 0.841. The number of benzene rings is 1. The van der Waals surface area contributed by atoms with E-state index in [1.165, 1.54) is 0 Å². The van der Waals surface area contributed by atoms with E-state index in [-0.39, 0.29) is 11.9 Å². The Kier molecular flexibility index (Phi) is 3.30. The average molecular weight is 270 g/mol. The maximum absolute atomic E-state index is 12.6. The molecule has 1 aliphatic rings. The molecular formula is C16H18N2O2. The summed E-state index contributed by atoms with van der Waals surface area (Å²) in [6.45, 7) is 4.67. The Labute approximate surface area is 118 Å². The minimum Gasteiger partial charge on any atom is -0.361 e. The first-order valence-corrected chi connectivity index (χ1v) is 6.96. The normalized spacial score (nSPS) is 18.5. The number of hydrogen-bond donors (Lipinski definition) is 0. The van der Waals surface area contributed by atoms with Gasteiger partial charge >= 0.3 is 0 Å². The number of carbonyl (C=O) groups excluding carboxylic acids is 1. The van der Waals surface area contributed by atoms with Crippen LogP contribution in [-0.2, 0) is 0 Å². The van der Waals surface area contributed by atoms with E-state index in [1.807, 2.05) is 49.1 Å². The van der Waals surface area contributed by atoms with Gasteiger partial charge in [0.2, 0.25) is 0 Å². The smallest absolute Gasteiger partial charge is 0.254 e. The number of likely N-dealkylation sites (tertiary alicyclic amines) is 1. The van der Waals surface area contributed by atoms with Crippen LogP contribution in [0.2, 0.25) is 0 Å². The first kappa shape index (κ1) is 12.9. The zero-order chi connectivity index (χ0) is 14.1. The number of aromatic nitrogens is 1. The number of amides is 1. The van der Waals surface area contributed by atoms with Crippen LogP contribution in [0.3, 0.4) is 0 Å². The van der Waals surface area contributed by atoms with E-state index in [1.54, 1.807) is 0 Å². The first-order chi connectivity index (χ1) is 9.65. The molecule has 0 radical (unpaired) electrons. The summed E-state index contributed by atoms with van der Waals surface area (Å²) < 4.78 is 5.14. The molecule has 1 aliphatic heterocycles. The van der Waals surface area contributed by atoms with Gasteiger partial charge in [0, 0.05) is 18.2 Å². The van der Waals surface area contributed by atoms with Crippen molar-refractivity contribution in [3.05, 3.63) is 52.9 Å². The lowest BCUT2D eigenvalue weighted by molar-refractivity contribution is 0.0731. The van der Waals surface area contributed by atoms with E-state index in [9.17, 15) is 4.79 Å². The van der Waals surface area contributed by atoms with Gasteiger partial charge in [-0.3, -0.25) is 4.79 Å². The lowest BCUT2D eigenvalue weighted by Gasteiger charge is -2.23. The van der Waals surface area contributed by atoms with Crippen LogP contribution in [-0.4, -0.2) is 22.5 Å². The molecule has 1 atom stereocenters. The highest BCUT2D eigenvalue weighted by atomic mass is 16.5. The fraction of sp³-hybridized carbons (Fsp3) is 0.375. The lowest BCUT2D eigenvalue weighted by Crippen LogP contribution is -2.30. The first-order valence-electron chi connectivity index (χ1n) is 6.96. The van der Waals surface area contributed by atoms with E-state index < -0.39 is 0 Å². The lowest BCUT2D eigenvalue weighted by atomic mass is 10.1. The van der Waals surface area contributed by atoms with Crippen molar-refractivity contribution in [3.63, 3.8) is 0 Å². The van der Waals surface area contributed by atoms with Gasteiger partial charge in [-0.25, -0.2) is 0 Å². The minimum absolute atomic E-state index is 0.0428. The predicted molar refractivity (Wildman–Crippen MR) is 75.4 cm³/mol. The van der Waals surface area contributed by atoms with E-state index in [2.05, 4.69) is 5.16 Å². The molecule has 1 aromatic heterocycles. The Balaban J connectivity index is 1.85. The molecule has 20 heavy (non-hydrogen) atoms. The summed E-state index contributed by atoms with van der Waals surface area (Å²) in [6.07, 6.45) is 1.96. The number of aryl methyl sites for hydroxylation is 2. The molecule has 0 N–H and O–H groups in total. The summed E-state index contributed by atoms with van der Waals surface area (Å²) in [6, 6.07) is 9.69. The van der Waals surface area contributed by atoms with Crippen molar-refractivity contribution in [2.45, 2.75) is 32.7 Å². The Morgan fingerprint density at radius 2 is 2.05 bits per heavy atom. The third-order valence-corrected chi connectivity index (χ3v) is 3.80. The molecule has 104 valence electrons. The maximum Gasteiger partial charge on any atom is 0.254 e. The summed E-state index contributed by atoms with van der Waals surface area (Å²) in [7, 11) is 0. The van der Waals surface area contributed by atoms with Gasteiger partial charge in [0.15, 0.2) is 0 Å². The van der Waals surface area contributed by atoms with Crippen LogP contribution >= 0.6 is 0 Å². The standard InChI is InChI=1S/C16H18N2O2/c1-11-5-7-13(8-6-11)16(19)18-9-3-4-15(18)14-10-12(2)20-17-14/h5-8,10,15H,3-4,9H2,1-2H3/t15-/m0/s1. The summed E-state index contributed by atoms with van der Waals surface area (Å²) in [5.74, 6) is 0.864. The number of rotatable bonds is 2. The van der Waals surface area contributed by atoms with Crippen LogP contribution in [0, 0.1) is 13.8 Å². The molecule has 0 saturated carbocycles. The van der Waals surface area contributed by atoms with Crippen molar-refractivity contribution in [1.29, 1.82) is 0 Å². The van der Waals surface area contributed by atoms with Crippen LogP contribution in [0.25, 0.3) is 0 Å². The molecular weight excluding hydrogens is 252 g/mol. The molecule has 0 spiro atoms. The summed E-state index contributed by atoms with van der Waals surface area (Å²) in [5, 5.41) is 4.07. The molecule has 1 saturated heterocycles. The Morgan fingerprint density at radius 1 is 1.30 bits per heavy atom. The Hall–Kier alpha value is -2.10. The molecule has 1 fully saturated rings. The topological polar surface area (TPSA) is 46.3 Å². The van der Waals surface area contributed by atoms with Gasteiger partial charge in [0.1, 0.15) is 11.5 Å². The molecule has 0 unspecified atom stereocenters. The number of nitrogens with zero attached hydrogens (tertiary/aromatic N) is 2. The van der Waals surface area contributed by atoms with Gasteiger partial charge in [-0.2, -0.15) is 0 Å². The highest BCUT2D eigenvalue weighted by Crippen LogP contribution is 2.32. The highest BCUT2D eigenvalue weighted by molar-refractivity contribution is 5.94. The second-order valence-corrected chi connectivity index (χ2v) is 5.39. The van der Waals surface area contributed by atoms with Gasteiger partial charge in [-0.15, -0.1) is 0 Å². The van der Waals surface area contributed by atoms with Crippen molar-refractivity contribution in [1.82, 2.24) is 10.1 Å². The van der Waals surface area contributed by atoms with Crippen molar-refractivity contribution >= 4 is 5.91 Å². The van der Waals surface area contributed by atoms with Crippen LogP contribution < -0.4 is 0 Å². The fourth-order valence-electron chi connectivity index (χ4n) is 2.72. The Bertz CT molecular complexity index is 616. The van der Waals surface area contributed by atoms with E-state index in [0.29, 0.717) is 0 Å². The van der Waals surface area contributed by atoms with Gasteiger partial charge < -0.3 is 9.42 Å². The van der Waals surface area contributed by atoms with Gasteiger partial charge in [0.05, 0.1) is 6.04 Å². The van der Waals surface area contributed by atoms with Crippen LogP contribution in [0.15, 0.2) is 34.9 Å². The fourth-order valence-corrected chi connectivity index (χ4v) is 2.72. The van der Waals surface area contributed by atoms with Crippen molar-refractivity contribution in [3.8, 4) is 0 Å². The minimum atomic E-state index is 0.0428. The third-order valence-electron chi connectivity index (χ3n) is 3.80. The molecule has 2 aromatic rings. The highest BCUT2D eigenvalue weighted by Gasteiger charge is 2.32. The molecule has 1 aromatic carbocycles. The monoisotopic (exact) mass is 270 g/mol.